The zero-order valence-electron chi connectivity index (χ0n) is 22.4. The lowest BCUT2D eigenvalue weighted by Crippen LogP contribution is -1.99. The maximum Gasteiger partial charge on any atom is 0.303 e. The normalized spacial score (nSPS) is 10.2. The molecule has 2 heterocycles. The molecule has 4 aromatic rings. The summed E-state index contributed by atoms with van der Waals surface area (Å²) < 4.78 is 0. The average molecular weight is 510 g/mol. The monoisotopic (exact) mass is 509 g/mol. The smallest absolute Gasteiger partial charge is 0.303 e. The van der Waals surface area contributed by atoms with E-state index in [0.29, 0.717) is 18.6 Å². The number of nitrogens with zero attached hydrogens (tertiary/aromatic N) is 1. The Morgan fingerprint density at radius 1 is 0.947 bits per heavy atom. The molecule has 0 saturated heterocycles. The number of hydrogen-bond acceptors (Lipinski definition) is 3. The van der Waals surface area contributed by atoms with Gasteiger partial charge >= 0.3 is 5.97 Å². The number of carbonyl (C=O) groups excluding carboxylic acids is 1. The van der Waals surface area contributed by atoms with E-state index < -0.39 is 5.97 Å². The van der Waals surface area contributed by atoms with E-state index in [4.69, 9.17) is 5.11 Å². The minimum absolute atomic E-state index is 0.171. The van der Waals surface area contributed by atoms with E-state index in [1.807, 2.05) is 30.3 Å². The molecule has 0 aliphatic heterocycles. The average Bonchev–Trinajstić information content (AvgIpc) is 3.29. The van der Waals surface area contributed by atoms with E-state index in [2.05, 4.69) is 79.4 Å². The Bertz CT molecular complexity index is 1450. The van der Waals surface area contributed by atoms with Crippen LogP contribution < -0.4 is 5.32 Å². The molecular weight excluding hydrogens is 474 g/mol. The number of carboxylic acids is 1. The number of nitrogens with one attached hydrogen (secondary N) is 2. The van der Waals surface area contributed by atoms with E-state index in [1.54, 1.807) is 12.3 Å². The number of benzene rings is 2. The highest BCUT2D eigenvalue weighted by atomic mass is 16.4. The van der Waals surface area contributed by atoms with Gasteiger partial charge in [-0.15, -0.1) is 0 Å². The van der Waals surface area contributed by atoms with Crippen molar-refractivity contribution in [1.29, 1.82) is 0 Å². The summed E-state index contributed by atoms with van der Waals surface area (Å²) in [7, 11) is 0. The second kappa shape index (κ2) is 13.7. The highest BCUT2D eigenvalue weighted by Gasteiger charge is 2.11. The Labute approximate surface area is 224 Å². The molecule has 6 nitrogen and oxygen atoms in total. The first-order valence-electron chi connectivity index (χ1n) is 12.7. The SMILES string of the molecule is CCc1cccccnc(NC=O)cc1.Cc1ccc2cc(-c3c(C)cc(CCC(=O)O)cc3C)[nH]c2c1. The number of fused-ring (bicyclic) bond motifs is 1. The van der Waals surface area contributed by atoms with Crippen molar-refractivity contribution in [3.05, 3.63) is 107 Å². The molecule has 0 fully saturated rings. The number of aliphatic carboxylic acids is 1. The number of aryl methyl sites for hydroxylation is 5. The van der Waals surface area contributed by atoms with Gasteiger partial charge in [-0.1, -0.05) is 55.5 Å². The second-order valence-electron chi connectivity index (χ2n) is 9.20. The van der Waals surface area contributed by atoms with Crippen molar-refractivity contribution < 1.29 is 14.7 Å². The van der Waals surface area contributed by atoms with Crippen molar-refractivity contribution in [2.75, 3.05) is 5.32 Å². The molecule has 0 spiro atoms. The highest BCUT2D eigenvalue weighted by molar-refractivity contribution is 5.87. The van der Waals surface area contributed by atoms with Gasteiger partial charge in [0.15, 0.2) is 0 Å². The topological polar surface area (TPSA) is 95.1 Å². The van der Waals surface area contributed by atoms with Gasteiger partial charge in [-0.25, -0.2) is 4.98 Å². The van der Waals surface area contributed by atoms with Crippen LogP contribution in [0.3, 0.4) is 0 Å². The second-order valence-corrected chi connectivity index (χ2v) is 9.20. The van der Waals surface area contributed by atoms with Gasteiger partial charge in [-0.2, -0.15) is 0 Å². The molecule has 4 rings (SSSR count). The molecule has 0 atom stereocenters. The third-order valence-corrected chi connectivity index (χ3v) is 6.17. The fourth-order valence-electron chi connectivity index (χ4n) is 4.33. The van der Waals surface area contributed by atoms with Crippen LogP contribution in [-0.2, 0) is 22.4 Å². The molecule has 38 heavy (non-hydrogen) atoms. The molecule has 0 unspecified atom stereocenters. The van der Waals surface area contributed by atoms with E-state index in [1.165, 1.54) is 33.2 Å². The van der Waals surface area contributed by atoms with Crippen molar-refractivity contribution in [3.8, 4) is 11.3 Å². The lowest BCUT2D eigenvalue weighted by Gasteiger charge is -2.11. The third kappa shape index (κ3) is 8.03. The van der Waals surface area contributed by atoms with E-state index in [0.717, 1.165) is 23.2 Å². The maximum absolute atomic E-state index is 10.8. The summed E-state index contributed by atoms with van der Waals surface area (Å²) in [6, 6.07) is 24.2. The summed E-state index contributed by atoms with van der Waals surface area (Å²) in [4.78, 5) is 28.6. The number of carboxylic acid groups (broad SMARTS) is 1. The number of rotatable bonds is 7. The molecule has 0 aliphatic carbocycles. The molecule has 6 heteroatoms. The standard InChI is InChI=1S/C20H21NO2.C12H14N2O/c1-12-4-6-16-11-18(21-17(16)8-12)20-13(2)9-15(10-14(20)3)5-7-19(22)23;1-2-11-6-4-3-5-9-13-12(8-7-11)14-10-15/h4,6,8-11,21H,5,7H2,1-3H3,(H,22,23);3-10H,2H2,1H3,(H,13,14,15). The number of aromatic nitrogens is 2. The van der Waals surface area contributed by atoms with Crippen molar-refractivity contribution in [3.63, 3.8) is 0 Å². The molecule has 2 aromatic carbocycles. The van der Waals surface area contributed by atoms with Gasteiger partial charge in [0.1, 0.15) is 5.82 Å². The summed E-state index contributed by atoms with van der Waals surface area (Å²) in [5.74, 6) is -0.216. The van der Waals surface area contributed by atoms with Gasteiger partial charge in [0.2, 0.25) is 6.41 Å². The van der Waals surface area contributed by atoms with Gasteiger partial charge in [0.25, 0.3) is 0 Å². The van der Waals surface area contributed by atoms with Crippen LogP contribution in [0, 0.1) is 20.8 Å². The lowest BCUT2D eigenvalue weighted by molar-refractivity contribution is -0.137. The largest absolute Gasteiger partial charge is 0.481 e. The lowest BCUT2D eigenvalue weighted by atomic mass is 9.95. The maximum atomic E-state index is 10.8. The zero-order chi connectivity index (χ0) is 27.5. The summed E-state index contributed by atoms with van der Waals surface area (Å²) in [6.07, 6.45) is 3.94. The van der Waals surface area contributed by atoms with Crippen LogP contribution in [0.25, 0.3) is 22.2 Å². The molecular formula is C32H35N3O3. The molecule has 0 bridgehead atoms. The first-order valence-corrected chi connectivity index (χ1v) is 12.7. The first kappa shape index (κ1) is 28.1. The first-order chi connectivity index (χ1) is 18.3. The molecule has 0 saturated carbocycles. The Morgan fingerprint density at radius 2 is 1.71 bits per heavy atom. The Hall–Kier alpha value is -4.45. The minimum Gasteiger partial charge on any atom is -0.481 e. The molecule has 0 aliphatic rings. The quantitative estimate of drug-likeness (QED) is 0.231. The number of hydrogen-bond donors (Lipinski definition) is 3. The molecule has 2 aromatic heterocycles. The van der Waals surface area contributed by atoms with Gasteiger partial charge < -0.3 is 15.4 Å². The van der Waals surface area contributed by atoms with Crippen molar-refractivity contribution in [1.82, 2.24) is 9.97 Å². The van der Waals surface area contributed by atoms with Crippen LogP contribution >= 0.6 is 0 Å². The van der Waals surface area contributed by atoms with Gasteiger partial charge in [-0.3, -0.25) is 9.59 Å². The van der Waals surface area contributed by atoms with Gasteiger partial charge in [-0.05, 0) is 85.7 Å². The fourth-order valence-corrected chi connectivity index (χ4v) is 4.33. The van der Waals surface area contributed by atoms with Crippen LogP contribution in [0.15, 0.2) is 79.0 Å². The molecule has 3 N–H and O–H groups in total. The summed E-state index contributed by atoms with van der Waals surface area (Å²) >= 11 is 0. The number of amides is 1. The van der Waals surface area contributed by atoms with Crippen molar-refractivity contribution in [2.45, 2.75) is 47.0 Å². The number of anilines is 1. The van der Waals surface area contributed by atoms with Crippen LogP contribution in [0.1, 0.15) is 41.2 Å². The van der Waals surface area contributed by atoms with Crippen LogP contribution in [0.5, 0.6) is 0 Å². The minimum atomic E-state index is -0.754. The Balaban J connectivity index is 0.000000232. The number of carbonyl (C=O) groups is 2. The van der Waals surface area contributed by atoms with E-state index >= 15 is 0 Å². The van der Waals surface area contributed by atoms with Crippen molar-refractivity contribution >= 4 is 29.1 Å². The third-order valence-electron chi connectivity index (χ3n) is 6.17. The van der Waals surface area contributed by atoms with Gasteiger partial charge in [0, 0.05) is 34.8 Å². The zero-order valence-corrected chi connectivity index (χ0v) is 22.4. The van der Waals surface area contributed by atoms with E-state index in [-0.39, 0.29) is 6.42 Å². The summed E-state index contributed by atoms with van der Waals surface area (Å²) in [5.41, 5.74) is 9.32. The molecule has 196 valence electrons. The predicted octanol–water partition coefficient (Wildman–Crippen LogP) is 7.11. The van der Waals surface area contributed by atoms with Crippen LogP contribution in [-0.4, -0.2) is 27.5 Å². The number of aromatic amines is 1. The Kier molecular flexibility index (Phi) is 10.2. The fraction of sp³-hybridized carbons (Fsp3) is 0.219. The van der Waals surface area contributed by atoms with Crippen LogP contribution in [0.2, 0.25) is 0 Å². The number of H-pyrrole nitrogens is 1. The van der Waals surface area contributed by atoms with Crippen molar-refractivity contribution in [2.24, 2.45) is 0 Å². The van der Waals surface area contributed by atoms with Gasteiger partial charge in [0.05, 0.1) is 0 Å². The molecule has 0 radical (unpaired) electrons. The highest BCUT2D eigenvalue weighted by Crippen LogP contribution is 2.31. The van der Waals surface area contributed by atoms with E-state index in [9.17, 15) is 9.59 Å². The summed E-state index contributed by atoms with van der Waals surface area (Å²) in [6.45, 7) is 8.34. The van der Waals surface area contributed by atoms with Crippen LogP contribution in [0.4, 0.5) is 5.82 Å². The summed E-state index contributed by atoms with van der Waals surface area (Å²) in [5, 5.41) is 12.6. The Morgan fingerprint density at radius 3 is 2.39 bits per heavy atom. The predicted molar refractivity (Wildman–Crippen MR) is 155 cm³/mol. The molecule has 1 amide bonds.